The molecule has 1 spiro atoms. The molecule has 0 aliphatic carbocycles. The molecule has 0 aromatic heterocycles. The van der Waals surface area contributed by atoms with Crippen molar-refractivity contribution in [2.45, 2.75) is 70.3 Å². The minimum absolute atomic E-state index is 0.342. The number of fused-ring (bicyclic) bond motifs is 2. The number of nitrogens with zero attached hydrogens (tertiary/aromatic N) is 2. The zero-order chi connectivity index (χ0) is 28.9. The molecule has 0 N–H and O–H groups in total. The average molecular weight is 543 g/mol. The molecule has 0 unspecified atom stereocenters. The van der Waals surface area contributed by atoms with E-state index in [4.69, 9.17) is 14.3 Å². The molecule has 2 amide bonds. The first-order chi connectivity index (χ1) is 18.8. The van der Waals surface area contributed by atoms with E-state index in [1.165, 1.54) is 0 Å². The highest BCUT2D eigenvalue weighted by Gasteiger charge is 2.71. The molecule has 2 aliphatic heterocycles. The van der Waals surface area contributed by atoms with Crippen molar-refractivity contribution in [2.24, 2.45) is 0 Å². The van der Waals surface area contributed by atoms with Crippen LogP contribution in [0.4, 0.5) is 16.2 Å². The van der Waals surface area contributed by atoms with Crippen LogP contribution in [0.1, 0.15) is 58.7 Å². The number of carbonyl (C=O) groups is 3. The molecule has 8 heteroatoms. The van der Waals surface area contributed by atoms with E-state index in [1.807, 2.05) is 60.7 Å². The lowest BCUT2D eigenvalue weighted by atomic mass is 9.69. The maximum absolute atomic E-state index is 14.9. The molecule has 5 rings (SSSR count). The zero-order valence-corrected chi connectivity index (χ0v) is 23.6. The molecular formula is C32H34N2O6. The number of hydrogen-bond donors (Lipinski definition) is 0. The summed E-state index contributed by atoms with van der Waals surface area (Å²) in [6, 6.07) is 24.8. The Hall–Kier alpha value is -4.17. The number of anilines is 2. The summed E-state index contributed by atoms with van der Waals surface area (Å²) in [6.07, 6.45) is -2.23. The quantitative estimate of drug-likeness (QED) is 0.369. The summed E-state index contributed by atoms with van der Waals surface area (Å²) in [6.45, 7) is 10.5. The van der Waals surface area contributed by atoms with Gasteiger partial charge >= 0.3 is 12.1 Å². The second-order valence-corrected chi connectivity index (χ2v) is 12.0. The second kappa shape index (κ2) is 9.78. The number of carbonyl (C=O) groups excluding carboxylic acids is 3. The maximum atomic E-state index is 14.9. The fourth-order valence-corrected chi connectivity index (χ4v) is 5.42. The molecular weight excluding hydrogens is 508 g/mol. The predicted octanol–water partition coefficient (Wildman–Crippen LogP) is 6.11. The molecule has 0 radical (unpaired) electrons. The number of para-hydroxylation sites is 2. The van der Waals surface area contributed by atoms with Crippen LogP contribution in [0.3, 0.4) is 0 Å². The first-order valence-corrected chi connectivity index (χ1v) is 13.3. The van der Waals surface area contributed by atoms with Gasteiger partial charge in [-0.2, -0.15) is 0 Å². The summed E-state index contributed by atoms with van der Waals surface area (Å²) in [5.74, 6) is -1.33. The predicted molar refractivity (Wildman–Crippen MR) is 151 cm³/mol. The van der Waals surface area contributed by atoms with Gasteiger partial charge in [0.1, 0.15) is 22.7 Å². The van der Waals surface area contributed by atoms with Gasteiger partial charge in [0.25, 0.3) is 5.91 Å². The van der Waals surface area contributed by atoms with Crippen LogP contribution in [0.5, 0.6) is 0 Å². The smallest absolute Gasteiger partial charge is 0.421 e. The van der Waals surface area contributed by atoms with Gasteiger partial charge in [0.15, 0.2) is 0 Å². The zero-order valence-electron chi connectivity index (χ0n) is 23.6. The molecule has 2 aliphatic rings. The summed E-state index contributed by atoms with van der Waals surface area (Å²) >= 11 is 0. The molecule has 0 saturated carbocycles. The van der Waals surface area contributed by atoms with E-state index in [2.05, 4.69) is 0 Å². The minimum atomic E-state index is -1.67. The van der Waals surface area contributed by atoms with Crippen LogP contribution < -0.4 is 9.96 Å². The van der Waals surface area contributed by atoms with Crippen molar-refractivity contribution in [1.29, 1.82) is 0 Å². The van der Waals surface area contributed by atoms with Gasteiger partial charge in [0.05, 0.1) is 11.4 Å². The van der Waals surface area contributed by atoms with Crippen LogP contribution in [0, 0.1) is 0 Å². The third-order valence-corrected chi connectivity index (χ3v) is 6.77. The van der Waals surface area contributed by atoms with Crippen LogP contribution in [-0.2, 0) is 29.3 Å². The molecule has 3 atom stereocenters. The Labute approximate surface area is 234 Å². The van der Waals surface area contributed by atoms with Crippen molar-refractivity contribution in [2.75, 3.05) is 9.96 Å². The van der Waals surface area contributed by atoms with Crippen LogP contribution in [0.2, 0.25) is 0 Å². The van der Waals surface area contributed by atoms with Crippen molar-refractivity contribution in [3.8, 4) is 0 Å². The topological polar surface area (TPSA) is 85.4 Å². The number of ether oxygens (including phenoxy) is 2. The Bertz CT molecular complexity index is 1430. The number of esters is 1. The number of benzene rings is 3. The van der Waals surface area contributed by atoms with Crippen LogP contribution >= 0.6 is 0 Å². The summed E-state index contributed by atoms with van der Waals surface area (Å²) in [4.78, 5) is 49.9. The number of hydroxylamine groups is 1. The van der Waals surface area contributed by atoms with Gasteiger partial charge in [0.2, 0.25) is 6.10 Å². The second-order valence-electron chi connectivity index (χ2n) is 12.0. The van der Waals surface area contributed by atoms with Crippen LogP contribution in [0.25, 0.3) is 0 Å². The number of hydrogen-bond acceptors (Lipinski definition) is 7. The Morgan fingerprint density at radius 3 is 1.93 bits per heavy atom. The fraction of sp³-hybridized carbons (Fsp3) is 0.344. The highest BCUT2D eigenvalue weighted by molar-refractivity contribution is 6.23. The molecule has 3 aromatic rings. The molecule has 8 nitrogen and oxygen atoms in total. The van der Waals surface area contributed by atoms with Gasteiger partial charge in [-0.25, -0.2) is 19.6 Å². The first kappa shape index (κ1) is 27.4. The highest BCUT2D eigenvalue weighted by Crippen LogP contribution is 2.59. The number of imide groups is 1. The maximum Gasteiger partial charge on any atom is 0.421 e. The van der Waals surface area contributed by atoms with Crippen molar-refractivity contribution >= 4 is 29.3 Å². The van der Waals surface area contributed by atoms with Crippen molar-refractivity contribution < 1.29 is 28.7 Å². The van der Waals surface area contributed by atoms with E-state index in [1.54, 1.807) is 70.9 Å². The summed E-state index contributed by atoms with van der Waals surface area (Å²) in [7, 11) is 0. The lowest BCUT2D eigenvalue weighted by Crippen LogP contribution is -2.54. The van der Waals surface area contributed by atoms with E-state index in [-0.39, 0.29) is 0 Å². The van der Waals surface area contributed by atoms with Crippen molar-refractivity contribution in [3.05, 3.63) is 96.1 Å². The Kier molecular flexibility index (Phi) is 6.70. The monoisotopic (exact) mass is 542 g/mol. The Morgan fingerprint density at radius 2 is 1.32 bits per heavy atom. The molecule has 208 valence electrons. The van der Waals surface area contributed by atoms with Crippen molar-refractivity contribution in [3.63, 3.8) is 0 Å². The molecule has 1 saturated heterocycles. The van der Waals surface area contributed by atoms with E-state index in [0.717, 1.165) is 10.5 Å². The Balaban J connectivity index is 1.79. The minimum Gasteiger partial charge on any atom is -0.458 e. The lowest BCUT2D eigenvalue weighted by molar-refractivity contribution is -0.170. The number of amides is 2. The average Bonchev–Trinajstić information content (AvgIpc) is 3.37. The van der Waals surface area contributed by atoms with E-state index < -0.39 is 46.7 Å². The third-order valence-electron chi connectivity index (χ3n) is 6.77. The summed E-state index contributed by atoms with van der Waals surface area (Å²) in [5.41, 5.74) is -1.19. The van der Waals surface area contributed by atoms with Crippen molar-refractivity contribution in [1.82, 2.24) is 0 Å². The lowest BCUT2D eigenvalue weighted by Gasteiger charge is -2.34. The van der Waals surface area contributed by atoms with Gasteiger partial charge in [0, 0.05) is 0 Å². The standard InChI is InChI=1S/C32H34N2O6/c1-30(2,3)38-27(35)26-32(23-19-13-14-20-24(23)33(28(32)36)29(37)39-31(4,5)6)25(21-15-9-7-10-16-21)34(40-26)22-17-11-8-12-18-22/h7-20,25-26H,1-6H3/t25-,26+,32-/m1/s1. The van der Waals surface area contributed by atoms with Gasteiger partial charge in [-0.15, -0.1) is 0 Å². The molecule has 40 heavy (non-hydrogen) atoms. The van der Waals surface area contributed by atoms with E-state index in [9.17, 15) is 14.4 Å². The largest absolute Gasteiger partial charge is 0.458 e. The van der Waals surface area contributed by atoms with Crippen LogP contribution in [0.15, 0.2) is 84.9 Å². The molecule has 2 heterocycles. The SMILES string of the molecule is CC(C)(C)OC(=O)[C@@H]1ON(c2ccccc2)[C@H](c2ccccc2)[C@@]12C(=O)N(C(=O)OC(C)(C)C)c1ccccc12. The fourth-order valence-electron chi connectivity index (χ4n) is 5.42. The van der Waals surface area contributed by atoms with Gasteiger partial charge in [-0.05, 0) is 70.9 Å². The molecule has 0 bridgehead atoms. The number of rotatable bonds is 3. The highest BCUT2D eigenvalue weighted by atomic mass is 16.7. The van der Waals surface area contributed by atoms with E-state index >= 15 is 0 Å². The third kappa shape index (κ3) is 4.62. The normalized spacial score (nSPS) is 22.4. The van der Waals surface area contributed by atoms with Gasteiger partial charge in [-0.1, -0.05) is 66.7 Å². The Morgan fingerprint density at radius 1 is 0.775 bits per heavy atom. The molecule has 3 aromatic carbocycles. The van der Waals surface area contributed by atoms with Gasteiger partial charge in [-0.3, -0.25) is 9.63 Å². The molecule has 1 fully saturated rings. The van der Waals surface area contributed by atoms with Crippen LogP contribution in [-0.4, -0.2) is 35.3 Å². The summed E-state index contributed by atoms with van der Waals surface area (Å²) < 4.78 is 11.5. The first-order valence-electron chi connectivity index (χ1n) is 13.3. The summed E-state index contributed by atoms with van der Waals surface area (Å²) in [5, 5.41) is 1.59. The van der Waals surface area contributed by atoms with E-state index in [0.29, 0.717) is 16.9 Å². The van der Waals surface area contributed by atoms with Gasteiger partial charge < -0.3 is 9.47 Å².